The number of nitrogens with zero attached hydrogens (tertiary/aromatic N) is 5. The summed E-state index contributed by atoms with van der Waals surface area (Å²) in [5.74, 6) is 1.91. The van der Waals surface area contributed by atoms with E-state index < -0.39 is 0 Å². The Morgan fingerprint density at radius 1 is 1.21 bits per heavy atom. The number of aromatic nitrogens is 1. The third kappa shape index (κ3) is 5.32. The smallest absolute Gasteiger partial charge is 0.193 e. The van der Waals surface area contributed by atoms with Crippen LogP contribution < -0.4 is 5.32 Å². The van der Waals surface area contributed by atoms with Crippen LogP contribution in [0.3, 0.4) is 0 Å². The standard InChI is InChI=1S/C16H28N6O.HI/c1-14-12-15(19-23-14)13-21-8-10-22(11-9-21)16(17-2)18-4-7-20-5-3-6-20;/h12H,3-11,13H2,1-2H3,(H,17,18);1H. The highest BCUT2D eigenvalue weighted by Gasteiger charge is 2.20. The second-order valence-electron chi connectivity index (χ2n) is 6.36. The summed E-state index contributed by atoms with van der Waals surface area (Å²) >= 11 is 0. The van der Waals surface area contributed by atoms with Gasteiger partial charge >= 0.3 is 0 Å². The summed E-state index contributed by atoms with van der Waals surface area (Å²) < 4.78 is 5.14. The van der Waals surface area contributed by atoms with E-state index in [0.29, 0.717) is 0 Å². The van der Waals surface area contributed by atoms with Gasteiger partial charge in [-0.3, -0.25) is 9.89 Å². The van der Waals surface area contributed by atoms with Crippen LogP contribution in [0.25, 0.3) is 0 Å². The molecule has 8 heteroatoms. The van der Waals surface area contributed by atoms with Gasteiger partial charge in [-0.2, -0.15) is 0 Å². The lowest BCUT2D eigenvalue weighted by Gasteiger charge is -2.36. The summed E-state index contributed by atoms with van der Waals surface area (Å²) in [6.07, 6.45) is 1.35. The topological polar surface area (TPSA) is 60.1 Å². The van der Waals surface area contributed by atoms with Crippen LogP contribution in [0.4, 0.5) is 0 Å². The second-order valence-corrected chi connectivity index (χ2v) is 6.36. The molecule has 136 valence electrons. The fraction of sp³-hybridized carbons (Fsp3) is 0.750. The van der Waals surface area contributed by atoms with Crippen LogP contribution in [0, 0.1) is 6.92 Å². The molecular formula is C16H29IN6O. The van der Waals surface area contributed by atoms with E-state index in [1.807, 2.05) is 20.0 Å². The first-order valence-corrected chi connectivity index (χ1v) is 8.57. The van der Waals surface area contributed by atoms with E-state index >= 15 is 0 Å². The number of aryl methyl sites for hydroxylation is 1. The number of halogens is 1. The number of aliphatic imine (C=N–C) groups is 1. The molecule has 7 nitrogen and oxygen atoms in total. The third-order valence-electron chi connectivity index (χ3n) is 4.61. The Labute approximate surface area is 161 Å². The monoisotopic (exact) mass is 448 g/mol. The van der Waals surface area contributed by atoms with E-state index in [1.54, 1.807) is 0 Å². The molecule has 0 aromatic carbocycles. The highest BCUT2D eigenvalue weighted by molar-refractivity contribution is 14.0. The minimum Gasteiger partial charge on any atom is -0.361 e. The molecule has 0 spiro atoms. The summed E-state index contributed by atoms with van der Waals surface area (Å²) in [6, 6.07) is 2.02. The quantitative estimate of drug-likeness (QED) is 0.412. The molecule has 1 aromatic heterocycles. The lowest BCUT2D eigenvalue weighted by Crippen LogP contribution is -2.53. The molecule has 0 atom stereocenters. The summed E-state index contributed by atoms with van der Waals surface area (Å²) in [6.45, 7) is 11.4. The molecule has 24 heavy (non-hydrogen) atoms. The van der Waals surface area contributed by atoms with Crippen molar-refractivity contribution in [3.8, 4) is 0 Å². The van der Waals surface area contributed by atoms with Crippen molar-refractivity contribution < 1.29 is 4.52 Å². The lowest BCUT2D eigenvalue weighted by atomic mass is 10.2. The molecule has 0 amide bonds. The molecule has 3 heterocycles. The van der Waals surface area contributed by atoms with Crippen LogP contribution in [0.2, 0.25) is 0 Å². The van der Waals surface area contributed by atoms with Gasteiger partial charge in [0.1, 0.15) is 5.76 Å². The zero-order chi connectivity index (χ0) is 16.1. The molecule has 2 saturated heterocycles. The largest absolute Gasteiger partial charge is 0.361 e. The molecule has 0 bridgehead atoms. The average Bonchev–Trinajstić information content (AvgIpc) is 2.92. The molecule has 0 radical (unpaired) electrons. The number of piperazine rings is 1. The first-order chi connectivity index (χ1) is 11.2. The SMILES string of the molecule is CN=C(NCCN1CCC1)N1CCN(Cc2cc(C)on2)CC1.I. The van der Waals surface area contributed by atoms with Crippen molar-refractivity contribution in [1.82, 2.24) is 25.2 Å². The van der Waals surface area contributed by atoms with Gasteiger partial charge in [-0.25, -0.2) is 0 Å². The van der Waals surface area contributed by atoms with Crippen LogP contribution in [0.15, 0.2) is 15.6 Å². The highest BCUT2D eigenvalue weighted by Crippen LogP contribution is 2.09. The number of rotatable bonds is 5. The Hall–Kier alpha value is -0.870. The summed E-state index contributed by atoms with van der Waals surface area (Å²) in [4.78, 5) is 11.7. The Morgan fingerprint density at radius 3 is 2.50 bits per heavy atom. The van der Waals surface area contributed by atoms with Crippen molar-refractivity contribution in [2.24, 2.45) is 4.99 Å². The van der Waals surface area contributed by atoms with E-state index in [9.17, 15) is 0 Å². The predicted molar refractivity (Wildman–Crippen MR) is 106 cm³/mol. The second kappa shape index (κ2) is 9.57. The minimum absolute atomic E-state index is 0. The van der Waals surface area contributed by atoms with Gasteiger partial charge in [-0.05, 0) is 26.4 Å². The molecule has 2 fully saturated rings. The van der Waals surface area contributed by atoms with E-state index in [1.165, 1.54) is 19.5 Å². The average molecular weight is 448 g/mol. The Bertz CT molecular complexity index is 522. The molecule has 0 saturated carbocycles. The molecule has 0 aliphatic carbocycles. The minimum atomic E-state index is 0. The number of guanidine groups is 1. The van der Waals surface area contributed by atoms with Gasteiger partial charge in [0.25, 0.3) is 0 Å². The number of likely N-dealkylation sites (tertiary alicyclic amines) is 1. The van der Waals surface area contributed by atoms with E-state index in [-0.39, 0.29) is 24.0 Å². The normalized spacial score (nSPS) is 19.8. The number of nitrogens with one attached hydrogen (secondary N) is 1. The van der Waals surface area contributed by atoms with Crippen LogP contribution in [0.1, 0.15) is 17.9 Å². The van der Waals surface area contributed by atoms with Gasteiger partial charge in [0, 0.05) is 58.9 Å². The van der Waals surface area contributed by atoms with Gasteiger partial charge in [0.15, 0.2) is 5.96 Å². The Kier molecular flexibility index (Phi) is 7.76. The van der Waals surface area contributed by atoms with Gasteiger partial charge in [-0.15, -0.1) is 24.0 Å². The fourth-order valence-corrected chi connectivity index (χ4v) is 3.10. The molecular weight excluding hydrogens is 419 g/mol. The molecule has 1 N–H and O–H groups in total. The van der Waals surface area contributed by atoms with Gasteiger partial charge in [0.05, 0.1) is 5.69 Å². The fourth-order valence-electron chi connectivity index (χ4n) is 3.10. The van der Waals surface area contributed by atoms with Crippen molar-refractivity contribution in [3.63, 3.8) is 0 Å². The first-order valence-electron chi connectivity index (χ1n) is 8.57. The molecule has 2 aliphatic heterocycles. The first kappa shape index (κ1) is 19.5. The van der Waals surface area contributed by atoms with Gasteiger partial charge in [0.2, 0.25) is 0 Å². The summed E-state index contributed by atoms with van der Waals surface area (Å²) in [5, 5.41) is 7.57. The van der Waals surface area contributed by atoms with E-state index in [0.717, 1.165) is 63.2 Å². The van der Waals surface area contributed by atoms with Crippen molar-refractivity contribution in [2.45, 2.75) is 19.9 Å². The van der Waals surface area contributed by atoms with Gasteiger partial charge in [-0.1, -0.05) is 5.16 Å². The maximum Gasteiger partial charge on any atom is 0.193 e. The Balaban J connectivity index is 0.00000208. The Morgan fingerprint density at radius 2 is 1.96 bits per heavy atom. The maximum absolute atomic E-state index is 5.14. The number of hydrogen-bond donors (Lipinski definition) is 1. The van der Waals surface area contributed by atoms with E-state index in [2.05, 4.69) is 30.2 Å². The third-order valence-corrected chi connectivity index (χ3v) is 4.61. The van der Waals surface area contributed by atoms with Crippen LogP contribution >= 0.6 is 24.0 Å². The molecule has 1 aromatic rings. The summed E-state index contributed by atoms with van der Waals surface area (Å²) in [7, 11) is 1.87. The maximum atomic E-state index is 5.14. The lowest BCUT2D eigenvalue weighted by molar-refractivity contribution is 0.166. The van der Waals surface area contributed by atoms with Crippen molar-refractivity contribution in [2.75, 3.05) is 59.4 Å². The summed E-state index contributed by atoms with van der Waals surface area (Å²) in [5.41, 5.74) is 1.02. The van der Waals surface area contributed by atoms with E-state index in [4.69, 9.17) is 4.52 Å². The van der Waals surface area contributed by atoms with Crippen LogP contribution in [-0.4, -0.2) is 85.2 Å². The van der Waals surface area contributed by atoms with Crippen LogP contribution in [-0.2, 0) is 6.54 Å². The predicted octanol–water partition coefficient (Wildman–Crippen LogP) is 1.000. The van der Waals surface area contributed by atoms with Crippen molar-refractivity contribution in [3.05, 3.63) is 17.5 Å². The molecule has 0 unspecified atom stereocenters. The molecule has 3 rings (SSSR count). The van der Waals surface area contributed by atoms with Crippen molar-refractivity contribution >= 4 is 29.9 Å². The van der Waals surface area contributed by atoms with Gasteiger partial charge < -0.3 is 19.6 Å². The highest BCUT2D eigenvalue weighted by atomic mass is 127. The van der Waals surface area contributed by atoms with Crippen LogP contribution in [0.5, 0.6) is 0 Å². The zero-order valence-electron chi connectivity index (χ0n) is 14.7. The van der Waals surface area contributed by atoms with Crippen molar-refractivity contribution in [1.29, 1.82) is 0 Å². The zero-order valence-corrected chi connectivity index (χ0v) is 17.0. The number of hydrogen-bond acceptors (Lipinski definition) is 5. The molecule has 2 aliphatic rings.